The number of amides is 2. The molecule has 1 aliphatic rings. The minimum Gasteiger partial charge on any atom is -0.351 e. The summed E-state index contributed by atoms with van der Waals surface area (Å²) >= 11 is 3.24. The van der Waals surface area contributed by atoms with Crippen LogP contribution in [0.15, 0.2) is 17.5 Å². The Balaban J connectivity index is 1.73. The standard InChI is InChI=1S/C18H30N4O2S2/c1-25-21-9-4-2-3-7-17(23)22-10-8-16(19)15(13-22)18(24)20-12-14-6-5-11-26-14/h5-6,11,15-16,21H,2-4,7-10,12-13,19H2,1H3,(H,20,24)/t15-,16+/m0/s1. The van der Waals surface area contributed by atoms with Crippen LogP contribution in [0.2, 0.25) is 0 Å². The van der Waals surface area contributed by atoms with Gasteiger partial charge in [0.15, 0.2) is 0 Å². The first kappa shape index (κ1) is 21.2. The number of carbonyl (C=O) groups excluding carboxylic acids is 2. The van der Waals surface area contributed by atoms with Crippen LogP contribution in [0, 0.1) is 5.92 Å². The number of hydrogen-bond acceptors (Lipinski definition) is 6. The normalized spacial score (nSPS) is 20.2. The van der Waals surface area contributed by atoms with E-state index in [2.05, 4.69) is 10.0 Å². The molecule has 8 heteroatoms. The van der Waals surface area contributed by atoms with Gasteiger partial charge in [-0.15, -0.1) is 11.3 Å². The van der Waals surface area contributed by atoms with Crippen LogP contribution in [0.25, 0.3) is 0 Å². The highest BCUT2D eigenvalue weighted by Crippen LogP contribution is 2.18. The zero-order valence-electron chi connectivity index (χ0n) is 15.4. The summed E-state index contributed by atoms with van der Waals surface area (Å²) in [6, 6.07) is 3.78. The molecule has 6 nitrogen and oxygen atoms in total. The van der Waals surface area contributed by atoms with Crippen molar-refractivity contribution in [2.75, 3.05) is 25.9 Å². The monoisotopic (exact) mass is 398 g/mol. The fraction of sp³-hybridized carbons (Fsp3) is 0.667. The first-order valence-electron chi connectivity index (χ1n) is 9.21. The Bertz CT molecular complexity index is 553. The average molecular weight is 399 g/mol. The second-order valence-corrected chi connectivity index (χ2v) is 8.33. The van der Waals surface area contributed by atoms with E-state index >= 15 is 0 Å². The lowest BCUT2D eigenvalue weighted by Crippen LogP contribution is -2.54. The van der Waals surface area contributed by atoms with Crippen LogP contribution in [0.5, 0.6) is 0 Å². The van der Waals surface area contributed by atoms with E-state index in [0.29, 0.717) is 32.5 Å². The molecule has 2 heterocycles. The molecule has 0 aliphatic carbocycles. The van der Waals surface area contributed by atoms with Crippen LogP contribution in [0.1, 0.15) is 37.0 Å². The molecule has 0 unspecified atom stereocenters. The first-order valence-corrected chi connectivity index (χ1v) is 11.3. The minimum atomic E-state index is -0.321. The third-order valence-corrected chi connectivity index (χ3v) is 6.06. The summed E-state index contributed by atoms with van der Waals surface area (Å²) in [7, 11) is 0. The molecule has 2 rings (SSSR count). The highest BCUT2D eigenvalue weighted by Gasteiger charge is 2.33. The summed E-state index contributed by atoms with van der Waals surface area (Å²) in [5.74, 6) is -0.226. The van der Waals surface area contributed by atoms with Gasteiger partial charge in [-0.05, 0) is 37.0 Å². The number of piperidine rings is 1. The number of nitrogens with zero attached hydrogens (tertiary/aromatic N) is 1. The number of rotatable bonds is 10. The summed E-state index contributed by atoms with van der Waals surface area (Å²) in [5, 5.41) is 4.95. The summed E-state index contributed by atoms with van der Waals surface area (Å²) in [6.07, 6.45) is 6.26. The summed E-state index contributed by atoms with van der Waals surface area (Å²) in [4.78, 5) is 27.9. The Morgan fingerprint density at radius 1 is 1.38 bits per heavy atom. The quantitative estimate of drug-likeness (QED) is 0.414. The summed E-state index contributed by atoms with van der Waals surface area (Å²) in [6.45, 7) is 2.59. The van der Waals surface area contributed by atoms with E-state index in [1.54, 1.807) is 23.3 Å². The molecular formula is C18H30N4O2S2. The lowest BCUT2D eigenvalue weighted by molar-refractivity contribution is -0.136. The Kier molecular flexibility index (Phi) is 9.45. The van der Waals surface area contributed by atoms with E-state index in [1.165, 1.54) is 0 Å². The van der Waals surface area contributed by atoms with Gasteiger partial charge in [-0.1, -0.05) is 24.4 Å². The smallest absolute Gasteiger partial charge is 0.226 e. The van der Waals surface area contributed by atoms with Crippen LogP contribution < -0.4 is 15.8 Å². The molecule has 1 fully saturated rings. The van der Waals surface area contributed by atoms with Crippen molar-refractivity contribution in [2.45, 2.75) is 44.7 Å². The van der Waals surface area contributed by atoms with Gasteiger partial charge in [-0.25, -0.2) is 0 Å². The zero-order valence-corrected chi connectivity index (χ0v) is 17.0. The van der Waals surface area contributed by atoms with Crippen LogP contribution >= 0.6 is 23.3 Å². The molecule has 0 radical (unpaired) electrons. The van der Waals surface area contributed by atoms with Gasteiger partial charge in [0.1, 0.15) is 0 Å². The molecule has 1 aliphatic heterocycles. The molecule has 0 bridgehead atoms. The number of nitrogens with two attached hydrogens (primary N) is 1. The molecule has 2 atom stereocenters. The predicted molar refractivity (Wildman–Crippen MR) is 109 cm³/mol. The van der Waals surface area contributed by atoms with E-state index in [-0.39, 0.29) is 23.8 Å². The third-order valence-electron chi connectivity index (χ3n) is 4.69. The van der Waals surface area contributed by atoms with Crippen LogP contribution in [0.4, 0.5) is 0 Å². The van der Waals surface area contributed by atoms with Crippen molar-refractivity contribution >= 4 is 35.1 Å². The number of thiophene rings is 1. The average Bonchev–Trinajstić information content (AvgIpc) is 3.16. The molecule has 0 saturated carbocycles. The van der Waals surface area contributed by atoms with Gasteiger partial charge in [0.2, 0.25) is 11.8 Å². The van der Waals surface area contributed by atoms with E-state index in [0.717, 1.165) is 30.7 Å². The number of hydrogen-bond donors (Lipinski definition) is 3. The molecule has 1 aromatic rings. The van der Waals surface area contributed by atoms with Gasteiger partial charge in [-0.2, -0.15) is 0 Å². The van der Waals surface area contributed by atoms with Gasteiger partial charge in [0.25, 0.3) is 0 Å². The van der Waals surface area contributed by atoms with Gasteiger partial charge < -0.3 is 16.0 Å². The Morgan fingerprint density at radius 2 is 2.23 bits per heavy atom. The first-order chi connectivity index (χ1) is 12.6. The van der Waals surface area contributed by atoms with E-state index in [4.69, 9.17) is 5.73 Å². The topological polar surface area (TPSA) is 87.5 Å². The lowest BCUT2D eigenvalue weighted by atomic mass is 9.91. The maximum Gasteiger partial charge on any atom is 0.226 e. The van der Waals surface area contributed by atoms with Crippen LogP contribution in [-0.2, 0) is 16.1 Å². The molecule has 0 spiro atoms. The van der Waals surface area contributed by atoms with Crippen molar-refractivity contribution in [2.24, 2.45) is 11.7 Å². The molecule has 2 amide bonds. The SMILES string of the molecule is CSNCCCCCC(=O)N1CC[C@@H](N)[C@@H](C(=O)NCc2cccs2)C1. The van der Waals surface area contributed by atoms with Crippen molar-refractivity contribution in [1.29, 1.82) is 0 Å². The van der Waals surface area contributed by atoms with Gasteiger partial charge in [0, 0.05) is 37.0 Å². The molecule has 0 aromatic carbocycles. The van der Waals surface area contributed by atoms with E-state index < -0.39 is 0 Å². The Hall–Kier alpha value is -1.09. The van der Waals surface area contributed by atoms with Gasteiger partial charge in [0.05, 0.1) is 12.5 Å². The maximum absolute atomic E-state index is 12.5. The Morgan fingerprint density at radius 3 is 2.96 bits per heavy atom. The second-order valence-electron chi connectivity index (χ2n) is 6.61. The molecule has 146 valence electrons. The zero-order chi connectivity index (χ0) is 18.8. The fourth-order valence-electron chi connectivity index (χ4n) is 3.10. The van der Waals surface area contributed by atoms with Crippen molar-refractivity contribution in [3.05, 3.63) is 22.4 Å². The molecular weight excluding hydrogens is 368 g/mol. The van der Waals surface area contributed by atoms with Crippen molar-refractivity contribution in [1.82, 2.24) is 14.9 Å². The fourth-order valence-corrected chi connectivity index (χ4v) is 4.10. The molecule has 26 heavy (non-hydrogen) atoms. The molecule has 1 saturated heterocycles. The van der Waals surface area contributed by atoms with Gasteiger partial charge in [-0.3, -0.25) is 14.3 Å². The third kappa shape index (κ3) is 6.90. The largest absolute Gasteiger partial charge is 0.351 e. The molecule has 1 aromatic heterocycles. The van der Waals surface area contributed by atoms with Crippen LogP contribution in [-0.4, -0.2) is 48.6 Å². The lowest BCUT2D eigenvalue weighted by Gasteiger charge is -2.36. The highest BCUT2D eigenvalue weighted by atomic mass is 32.2. The number of nitrogens with one attached hydrogen (secondary N) is 2. The van der Waals surface area contributed by atoms with E-state index in [1.807, 2.05) is 28.7 Å². The Labute approximate surface area is 164 Å². The van der Waals surface area contributed by atoms with Crippen LogP contribution in [0.3, 0.4) is 0 Å². The number of likely N-dealkylation sites (tertiary alicyclic amines) is 1. The van der Waals surface area contributed by atoms with E-state index in [9.17, 15) is 9.59 Å². The van der Waals surface area contributed by atoms with Gasteiger partial charge >= 0.3 is 0 Å². The molecule has 4 N–H and O–H groups in total. The summed E-state index contributed by atoms with van der Waals surface area (Å²) < 4.78 is 3.21. The van der Waals surface area contributed by atoms with Crippen molar-refractivity contribution < 1.29 is 9.59 Å². The second kappa shape index (κ2) is 11.6. The maximum atomic E-state index is 12.5. The van der Waals surface area contributed by atoms with Crippen molar-refractivity contribution in [3.63, 3.8) is 0 Å². The number of carbonyl (C=O) groups is 2. The highest BCUT2D eigenvalue weighted by molar-refractivity contribution is 7.96. The number of unbranched alkanes of at least 4 members (excludes halogenated alkanes) is 2. The predicted octanol–water partition coefficient (Wildman–Crippen LogP) is 1.97. The summed E-state index contributed by atoms with van der Waals surface area (Å²) in [5.41, 5.74) is 6.15. The minimum absolute atomic E-state index is 0.0495. The van der Waals surface area contributed by atoms with Crippen molar-refractivity contribution in [3.8, 4) is 0 Å².